The fourth-order valence-electron chi connectivity index (χ4n) is 1.19. The average Bonchev–Trinajstić information content (AvgIpc) is 2.80. The first-order chi connectivity index (χ1) is 5.88. The highest BCUT2D eigenvalue weighted by Crippen LogP contribution is 2.46. The molecule has 1 rings (SSSR count). The van der Waals surface area contributed by atoms with Gasteiger partial charge in [-0.15, -0.1) is 0 Å². The van der Waals surface area contributed by atoms with Crippen molar-refractivity contribution in [2.75, 3.05) is 21.1 Å². The highest BCUT2D eigenvalue weighted by Gasteiger charge is 2.47. The molecule has 0 aromatic rings. The van der Waals surface area contributed by atoms with Crippen molar-refractivity contribution >= 4 is 11.9 Å². The van der Waals surface area contributed by atoms with Crippen molar-refractivity contribution < 1.29 is 9.59 Å². The highest BCUT2D eigenvalue weighted by atomic mass is 16.2. The molecule has 0 aromatic carbocycles. The largest absolute Gasteiger partial charge is 0.330 e. The minimum absolute atomic E-state index is 0.0637. The number of nitrogens with zero attached hydrogens (tertiary/aromatic N) is 2. The quantitative estimate of drug-likeness (QED) is 0.608. The summed E-state index contributed by atoms with van der Waals surface area (Å²) in [7, 11) is 4.82. The first-order valence-corrected chi connectivity index (χ1v) is 4.38. The van der Waals surface area contributed by atoms with E-state index in [1.807, 2.05) is 6.92 Å². The number of imide groups is 1. The van der Waals surface area contributed by atoms with Gasteiger partial charge in [0.1, 0.15) is 0 Å². The van der Waals surface area contributed by atoms with Crippen LogP contribution in [0.3, 0.4) is 0 Å². The molecule has 0 bridgehead atoms. The minimum atomic E-state index is -0.263. The van der Waals surface area contributed by atoms with Crippen molar-refractivity contribution in [1.29, 1.82) is 0 Å². The van der Waals surface area contributed by atoms with E-state index >= 15 is 0 Å². The number of urea groups is 1. The van der Waals surface area contributed by atoms with Crippen LogP contribution >= 0.6 is 0 Å². The lowest BCUT2D eigenvalue weighted by Gasteiger charge is -2.22. The average molecular weight is 184 g/mol. The van der Waals surface area contributed by atoms with Crippen molar-refractivity contribution in [2.24, 2.45) is 5.41 Å². The number of hydrogen-bond acceptors (Lipinski definition) is 2. The van der Waals surface area contributed by atoms with Crippen LogP contribution in [0.5, 0.6) is 0 Å². The van der Waals surface area contributed by atoms with Crippen LogP contribution in [0.1, 0.15) is 19.8 Å². The Morgan fingerprint density at radius 3 is 1.92 bits per heavy atom. The molecule has 0 heterocycles. The van der Waals surface area contributed by atoms with Crippen molar-refractivity contribution in [3.63, 3.8) is 0 Å². The summed E-state index contributed by atoms with van der Waals surface area (Å²) in [5.41, 5.74) is -0.263. The molecule has 3 amide bonds. The molecule has 4 heteroatoms. The predicted octanol–water partition coefficient (Wildman–Crippen LogP) is 0.926. The second-order valence-corrected chi connectivity index (χ2v) is 4.10. The molecule has 0 radical (unpaired) electrons. The van der Waals surface area contributed by atoms with Crippen molar-refractivity contribution in [3.05, 3.63) is 0 Å². The fourth-order valence-corrected chi connectivity index (χ4v) is 1.19. The summed E-state index contributed by atoms with van der Waals surface area (Å²) in [6, 6.07) is -0.252. The van der Waals surface area contributed by atoms with E-state index in [2.05, 4.69) is 0 Å². The van der Waals surface area contributed by atoms with Gasteiger partial charge < -0.3 is 4.90 Å². The van der Waals surface area contributed by atoms with Crippen molar-refractivity contribution in [3.8, 4) is 0 Å². The van der Waals surface area contributed by atoms with Gasteiger partial charge in [-0.2, -0.15) is 0 Å². The Morgan fingerprint density at radius 1 is 1.15 bits per heavy atom. The monoisotopic (exact) mass is 184 g/mol. The van der Waals surface area contributed by atoms with E-state index < -0.39 is 0 Å². The molecule has 0 aliphatic heterocycles. The van der Waals surface area contributed by atoms with Crippen LogP contribution in [0, 0.1) is 5.41 Å². The predicted molar refractivity (Wildman–Crippen MR) is 49.2 cm³/mol. The van der Waals surface area contributed by atoms with E-state index in [1.165, 1.54) is 16.8 Å². The van der Waals surface area contributed by atoms with Gasteiger partial charge in [0.05, 0.1) is 0 Å². The van der Waals surface area contributed by atoms with Crippen LogP contribution in [0.4, 0.5) is 4.79 Å². The number of hydrogen-bond donors (Lipinski definition) is 0. The summed E-state index contributed by atoms with van der Waals surface area (Å²) < 4.78 is 0. The summed E-state index contributed by atoms with van der Waals surface area (Å²) in [6.07, 6.45) is 1.80. The molecule has 0 unspecified atom stereocenters. The second-order valence-electron chi connectivity index (χ2n) is 4.10. The summed E-state index contributed by atoms with van der Waals surface area (Å²) in [5, 5.41) is 0. The molecule has 1 aliphatic carbocycles. The normalized spacial score (nSPS) is 17.8. The topological polar surface area (TPSA) is 40.6 Å². The van der Waals surface area contributed by atoms with E-state index in [1.54, 1.807) is 14.1 Å². The third-order valence-corrected chi connectivity index (χ3v) is 2.49. The van der Waals surface area contributed by atoms with Crippen LogP contribution in [0.2, 0.25) is 0 Å². The smallest absolute Gasteiger partial charge is 0.325 e. The van der Waals surface area contributed by atoms with Gasteiger partial charge in [-0.1, -0.05) is 6.92 Å². The van der Waals surface area contributed by atoms with Gasteiger partial charge in [-0.05, 0) is 12.8 Å². The fraction of sp³-hybridized carbons (Fsp3) is 0.778. The molecular formula is C9H16N2O2. The Kier molecular flexibility index (Phi) is 2.32. The van der Waals surface area contributed by atoms with Gasteiger partial charge in [0.15, 0.2) is 0 Å². The lowest BCUT2D eigenvalue weighted by molar-refractivity contribution is -0.132. The minimum Gasteiger partial charge on any atom is -0.330 e. The molecule has 0 N–H and O–H groups in total. The Hall–Kier alpha value is -1.06. The molecule has 1 fully saturated rings. The molecule has 0 spiro atoms. The van der Waals surface area contributed by atoms with Crippen LogP contribution in [-0.2, 0) is 4.79 Å². The van der Waals surface area contributed by atoms with E-state index in [4.69, 9.17) is 0 Å². The number of carbonyl (C=O) groups excluding carboxylic acids is 2. The maximum Gasteiger partial charge on any atom is 0.325 e. The third kappa shape index (κ3) is 1.82. The van der Waals surface area contributed by atoms with E-state index in [0.29, 0.717) is 0 Å². The lowest BCUT2D eigenvalue weighted by atomic mass is 10.1. The maximum absolute atomic E-state index is 11.7. The molecule has 74 valence electrons. The summed E-state index contributed by atoms with van der Waals surface area (Å²) in [5.74, 6) is -0.0637. The van der Waals surface area contributed by atoms with Gasteiger partial charge in [0.25, 0.3) is 0 Å². The van der Waals surface area contributed by atoms with E-state index in [9.17, 15) is 9.59 Å². The second kappa shape index (κ2) is 3.01. The van der Waals surface area contributed by atoms with Gasteiger partial charge in [0, 0.05) is 26.6 Å². The zero-order valence-corrected chi connectivity index (χ0v) is 8.63. The standard InChI is InChI=1S/C9H16N2O2/c1-9(5-6-9)7(12)11(4)8(13)10(2)3/h5-6H2,1-4H3. The molecular weight excluding hydrogens is 168 g/mol. The first-order valence-electron chi connectivity index (χ1n) is 4.38. The summed E-state index contributed by atoms with van der Waals surface area (Å²) in [4.78, 5) is 25.6. The van der Waals surface area contributed by atoms with E-state index in [0.717, 1.165) is 12.8 Å². The van der Waals surface area contributed by atoms with Gasteiger partial charge in [-0.25, -0.2) is 4.79 Å². The highest BCUT2D eigenvalue weighted by molar-refractivity contribution is 5.98. The third-order valence-electron chi connectivity index (χ3n) is 2.49. The Balaban J connectivity index is 2.62. The van der Waals surface area contributed by atoms with E-state index in [-0.39, 0.29) is 17.4 Å². The zero-order chi connectivity index (χ0) is 10.2. The number of rotatable bonds is 1. The summed E-state index contributed by atoms with van der Waals surface area (Å²) >= 11 is 0. The summed E-state index contributed by atoms with van der Waals surface area (Å²) in [6.45, 7) is 1.90. The van der Waals surface area contributed by atoms with Crippen LogP contribution in [0.25, 0.3) is 0 Å². The number of carbonyl (C=O) groups is 2. The van der Waals surface area contributed by atoms with Gasteiger partial charge in [0.2, 0.25) is 5.91 Å². The van der Waals surface area contributed by atoms with Crippen molar-refractivity contribution in [2.45, 2.75) is 19.8 Å². The molecule has 0 saturated heterocycles. The molecule has 4 nitrogen and oxygen atoms in total. The molecule has 1 saturated carbocycles. The van der Waals surface area contributed by atoms with Crippen LogP contribution in [0.15, 0.2) is 0 Å². The van der Waals surface area contributed by atoms with Gasteiger partial charge in [-0.3, -0.25) is 9.69 Å². The van der Waals surface area contributed by atoms with Crippen LogP contribution < -0.4 is 0 Å². The Bertz CT molecular complexity index is 244. The molecule has 0 aromatic heterocycles. The van der Waals surface area contributed by atoms with Crippen LogP contribution in [-0.4, -0.2) is 42.9 Å². The van der Waals surface area contributed by atoms with Crippen molar-refractivity contribution in [1.82, 2.24) is 9.80 Å². The maximum atomic E-state index is 11.7. The Morgan fingerprint density at radius 2 is 1.62 bits per heavy atom. The number of amides is 3. The molecule has 1 aliphatic rings. The van der Waals surface area contributed by atoms with Gasteiger partial charge >= 0.3 is 6.03 Å². The first kappa shape index (κ1) is 10.0. The molecule has 0 atom stereocenters. The zero-order valence-electron chi connectivity index (χ0n) is 8.63. The molecule has 13 heavy (non-hydrogen) atoms. The lowest BCUT2D eigenvalue weighted by Crippen LogP contribution is -2.43. The Labute approximate surface area is 78.5 Å². The SMILES string of the molecule is CN(C)C(=O)N(C)C(=O)C1(C)CC1.